The molecule has 0 saturated heterocycles. The van der Waals surface area contributed by atoms with Crippen LogP contribution in [0.15, 0.2) is 0 Å². The molecule has 0 aliphatic rings. The first-order valence-electron chi connectivity index (χ1n) is 1.02. The second-order valence-corrected chi connectivity index (χ2v) is 1.14. The molecular weight excluding hydrogens is 105 g/mol. The maximum Gasteiger partial charge on any atom is 0.373 e. The van der Waals surface area contributed by atoms with Gasteiger partial charge in [-0.15, -0.1) is 0 Å². The number of thioether (sulfide) groups is 1. The molecule has 0 radical (unpaired) electrons. The number of rotatable bonds is 0. The van der Waals surface area contributed by atoms with Crippen molar-refractivity contribution in [1.82, 2.24) is 0 Å². The van der Waals surface area contributed by atoms with E-state index in [0.717, 1.165) is 0 Å². The Balaban J connectivity index is 3.13. The van der Waals surface area contributed by atoms with Gasteiger partial charge >= 0.3 is 5.37 Å². The largest absolute Gasteiger partial charge is 0.373 e. The van der Waals surface area contributed by atoms with Gasteiger partial charge in [0.15, 0.2) is 0 Å². The fraction of sp³-hybridized carbons (Fsp3) is 0. The average Bonchev–Trinajstić information content (AvgIpc) is 1.35. The Morgan fingerprint density at radius 2 is 2.50 bits per heavy atom. The van der Waals surface area contributed by atoms with Crippen LogP contribution in [-0.4, -0.2) is 5.37 Å². The average molecular weight is 105 g/mol. The van der Waals surface area contributed by atoms with Crippen LogP contribution in [-0.2, 0) is 0 Å². The summed E-state index contributed by atoms with van der Waals surface area (Å²) in [5.74, 6) is 0. The molecule has 0 aromatic heterocycles. The third-order valence-corrected chi connectivity index (χ3v) is 0.378. The number of carbonyl (C=O) groups excluding carboxylic acids is 1. The van der Waals surface area contributed by atoms with Crippen LogP contribution >= 0.6 is 11.8 Å². The van der Waals surface area contributed by atoms with Gasteiger partial charge in [0.25, 0.3) is 0 Å². The summed E-state index contributed by atoms with van der Waals surface area (Å²) in [5.41, 5.74) is 0. The predicted octanol–water partition coefficient (Wildman–Crippen LogP) is 1.29. The zero-order valence-electron chi connectivity index (χ0n) is 2.64. The molecular formula is C2FNOS. The SMILES string of the molecule is N#CSC(=O)F. The van der Waals surface area contributed by atoms with Gasteiger partial charge in [-0.1, -0.05) is 0 Å². The van der Waals surface area contributed by atoms with Gasteiger partial charge in [-0.3, -0.25) is 0 Å². The third-order valence-electron chi connectivity index (χ3n) is 0.126. The van der Waals surface area contributed by atoms with E-state index in [2.05, 4.69) is 0 Å². The molecule has 0 aromatic carbocycles. The number of carbonyl (C=O) groups is 1. The topological polar surface area (TPSA) is 40.9 Å². The molecule has 0 unspecified atom stereocenters. The predicted molar refractivity (Wildman–Crippen MR) is 19.7 cm³/mol. The van der Waals surface area contributed by atoms with Crippen molar-refractivity contribution in [2.75, 3.05) is 0 Å². The molecule has 4 heteroatoms. The van der Waals surface area contributed by atoms with Gasteiger partial charge < -0.3 is 0 Å². The summed E-state index contributed by atoms with van der Waals surface area (Å²) in [6, 6.07) is 0. The van der Waals surface area contributed by atoms with Gasteiger partial charge in [-0.25, -0.2) is 4.79 Å². The van der Waals surface area contributed by atoms with Crippen molar-refractivity contribution < 1.29 is 9.18 Å². The monoisotopic (exact) mass is 105 g/mol. The summed E-state index contributed by atoms with van der Waals surface area (Å²) < 4.78 is 10.8. The van der Waals surface area contributed by atoms with Crippen LogP contribution in [0.25, 0.3) is 0 Å². The van der Waals surface area contributed by atoms with Crippen LogP contribution in [0, 0.1) is 10.7 Å². The minimum atomic E-state index is -1.66. The first-order valence-corrected chi connectivity index (χ1v) is 1.84. The summed E-state index contributed by atoms with van der Waals surface area (Å²) in [6.07, 6.45) is 0. The summed E-state index contributed by atoms with van der Waals surface area (Å²) in [7, 11) is 0. The van der Waals surface area contributed by atoms with E-state index < -0.39 is 5.37 Å². The highest BCUT2D eigenvalue weighted by molar-refractivity contribution is 8.17. The van der Waals surface area contributed by atoms with E-state index in [9.17, 15) is 4.39 Å². The van der Waals surface area contributed by atoms with Crippen molar-refractivity contribution in [3.63, 3.8) is 0 Å². The number of nitriles is 1. The van der Waals surface area contributed by atoms with E-state index >= 15 is 0 Å². The van der Waals surface area contributed by atoms with Crippen molar-refractivity contribution in [2.24, 2.45) is 0 Å². The molecule has 0 aliphatic heterocycles. The molecule has 32 valence electrons. The number of nitrogens with zero attached hydrogens (tertiary/aromatic N) is 1. The molecule has 0 saturated carbocycles. The molecule has 0 amide bonds. The maximum absolute atomic E-state index is 10.8. The lowest BCUT2D eigenvalue weighted by Gasteiger charge is -1.63. The molecule has 0 aliphatic carbocycles. The van der Waals surface area contributed by atoms with Crippen molar-refractivity contribution in [3.05, 3.63) is 0 Å². The highest BCUT2D eigenvalue weighted by Gasteiger charge is 1.91. The number of halogens is 1. The normalized spacial score (nSPS) is 6.67. The number of thiocyanates is 1. The molecule has 0 rings (SSSR count). The Labute approximate surface area is 37.9 Å². The second kappa shape index (κ2) is 2.67. The Hall–Kier alpha value is -0.560. The van der Waals surface area contributed by atoms with Gasteiger partial charge in [0.2, 0.25) is 0 Å². The maximum atomic E-state index is 10.8. The number of hydrogen-bond acceptors (Lipinski definition) is 3. The van der Waals surface area contributed by atoms with E-state index in [1.54, 1.807) is 0 Å². The second-order valence-electron chi connectivity index (χ2n) is 0.431. The van der Waals surface area contributed by atoms with Crippen molar-refractivity contribution in [2.45, 2.75) is 0 Å². The smallest absolute Gasteiger partial charge is 0.247 e. The Morgan fingerprint density at radius 1 is 2.00 bits per heavy atom. The fourth-order valence-electron chi connectivity index (χ4n) is 0.0359. The van der Waals surface area contributed by atoms with E-state index in [4.69, 9.17) is 10.1 Å². The Kier molecular flexibility index (Phi) is 2.42. The third kappa shape index (κ3) is 3.44. The van der Waals surface area contributed by atoms with Crippen LogP contribution < -0.4 is 0 Å². The standard InChI is InChI=1S/C2FNOS/c3-2(5)6-1-4. The van der Waals surface area contributed by atoms with Gasteiger partial charge in [-0.2, -0.15) is 9.65 Å². The van der Waals surface area contributed by atoms with E-state index in [0.29, 0.717) is 0 Å². The Morgan fingerprint density at radius 3 is 2.50 bits per heavy atom. The first-order chi connectivity index (χ1) is 2.77. The van der Waals surface area contributed by atoms with Crippen molar-refractivity contribution in [1.29, 1.82) is 5.26 Å². The zero-order valence-corrected chi connectivity index (χ0v) is 3.46. The molecule has 0 atom stereocenters. The molecule has 0 fully saturated rings. The molecule has 0 spiro atoms. The molecule has 0 heterocycles. The summed E-state index contributed by atoms with van der Waals surface area (Å²) in [5, 5.41) is 7.09. The molecule has 0 bridgehead atoms. The quantitative estimate of drug-likeness (QED) is 0.344. The van der Waals surface area contributed by atoms with Crippen LogP contribution in [0.4, 0.5) is 9.18 Å². The van der Waals surface area contributed by atoms with Crippen LogP contribution in [0.3, 0.4) is 0 Å². The Bertz CT molecular complexity index is 96.2. The molecule has 0 aromatic rings. The van der Waals surface area contributed by atoms with Gasteiger partial charge in [0.1, 0.15) is 5.40 Å². The van der Waals surface area contributed by atoms with E-state index in [1.165, 1.54) is 5.40 Å². The fourth-order valence-corrected chi connectivity index (χ4v) is 0.108. The first kappa shape index (κ1) is 5.44. The number of hydrogen-bond donors (Lipinski definition) is 0. The summed E-state index contributed by atoms with van der Waals surface area (Å²) in [6.45, 7) is 0. The highest BCUT2D eigenvalue weighted by atomic mass is 32.2. The van der Waals surface area contributed by atoms with E-state index in [-0.39, 0.29) is 11.8 Å². The van der Waals surface area contributed by atoms with Crippen LogP contribution in [0.1, 0.15) is 0 Å². The lowest BCUT2D eigenvalue weighted by Crippen LogP contribution is -1.63. The minimum absolute atomic E-state index is 0.0139. The van der Waals surface area contributed by atoms with Crippen molar-refractivity contribution >= 4 is 17.1 Å². The molecule has 0 N–H and O–H groups in total. The van der Waals surface area contributed by atoms with Crippen molar-refractivity contribution in [3.8, 4) is 5.40 Å². The summed E-state index contributed by atoms with van der Waals surface area (Å²) >= 11 is -0.0139. The van der Waals surface area contributed by atoms with Gasteiger partial charge in [0.05, 0.1) is 11.8 Å². The molecule has 2 nitrogen and oxygen atoms in total. The minimum Gasteiger partial charge on any atom is -0.247 e. The molecule has 6 heavy (non-hydrogen) atoms. The zero-order chi connectivity index (χ0) is 4.99. The van der Waals surface area contributed by atoms with Gasteiger partial charge in [0, 0.05) is 0 Å². The highest BCUT2D eigenvalue weighted by Crippen LogP contribution is 1.98. The lowest BCUT2D eigenvalue weighted by molar-refractivity contribution is 0.245. The van der Waals surface area contributed by atoms with Crippen LogP contribution in [0.5, 0.6) is 0 Å². The summed E-state index contributed by atoms with van der Waals surface area (Å²) in [4.78, 5) is 9.12. The van der Waals surface area contributed by atoms with Crippen LogP contribution in [0.2, 0.25) is 0 Å². The van der Waals surface area contributed by atoms with Gasteiger partial charge in [-0.05, 0) is 0 Å². The van der Waals surface area contributed by atoms with E-state index in [1.807, 2.05) is 0 Å². The lowest BCUT2D eigenvalue weighted by atomic mass is 11.7.